The Kier molecular flexibility index (Phi) is 4.01. The first-order chi connectivity index (χ1) is 9.38. The molecule has 20 heavy (non-hydrogen) atoms. The predicted molar refractivity (Wildman–Crippen MR) is 76.6 cm³/mol. The average Bonchev–Trinajstić information content (AvgIpc) is 2.38. The number of sulfonamides is 1. The summed E-state index contributed by atoms with van der Waals surface area (Å²) in [6, 6.07) is 6.23. The van der Waals surface area contributed by atoms with Crippen LogP contribution in [0.1, 0.15) is 24.4 Å². The Balaban J connectivity index is 2.17. The van der Waals surface area contributed by atoms with Crippen LogP contribution in [0.4, 0.5) is 5.69 Å². The number of aryl methyl sites for hydroxylation is 1. The Labute approximate surface area is 118 Å². The lowest BCUT2D eigenvalue weighted by molar-refractivity contribution is 0.598. The Morgan fingerprint density at radius 3 is 2.30 bits per heavy atom. The summed E-state index contributed by atoms with van der Waals surface area (Å²) in [4.78, 5) is 8.57. The molecule has 0 aliphatic carbocycles. The highest BCUT2D eigenvalue weighted by molar-refractivity contribution is 7.89. The van der Waals surface area contributed by atoms with Gasteiger partial charge >= 0.3 is 0 Å². The first-order valence-electron chi connectivity index (χ1n) is 6.05. The minimum absolute atomic E-state index is 0.0379. The molecule has 2 rings (SSSR count). The molecule has 7 heteroatoms. The van der Waals surface area contributed by atoms with Crippen molar-refractivity contribution in [2.45, 2.75) is 24.8 Å². The second-order valence-corrected chi connectivity index (χ2v) is 6.02. The van der Waals surface area contributed by atoms with Crippen molar-refractivity contribution in [1.29, 1.82) is 0 Å². The summed E-state index contributed by atoms with van der Waals surface area (Å²) >= 11 is 0. The van der Waals surface area contributed by atoms with Crippen molar-refractivity contribution in [3.05, 3.63) is 48.0 Å². The van der Waals surface area contributed by atoms with Crippen LogP contribution in [0.5, 0.6) is 0 Å². The van der Waals surface area contributed by atoms with Crippen molar-refractivity contribution in [2.75, 3.05) is 5.32 Å². The van der Waals surface area contributed by atoms with E-state index in [-0.39, 0.29) is 10.9 Å². The van der Waals surface area contributed by atoms with Crippen molar-refractivity contribution < 1.29 is 8.42 Å². The van der Waals surface area contributed by atoms with Gasteiger partial charge < -0.3 is 5.32 Å². The third-order valence-electron chi connectivity index (χ3n) is 2.90. The minimum atomic E-state index is -3.66. The van der Waals surface area contributed by atoms with Crippen LogP contribution in [-0.2, 0) is 10.0 Å². The van der Waals surface area contributed by atoms with Gasteiger partial charge in [-0.05, 0) is 38.1 Å². The lowest BCUT2D eigenvalue weighted by atomic mass is 10.2. The van der Waals surface area contributed by atoms with Crippen LogP contribution in [0, 0.1) is 6.92 Å². The monoisotopic (exact) mass is 292 g/mol. The summed E-state index contributed by atoms with van der Waals surface area (Å²) in [7, 11) is -3.66. The van der Waals surface area contributed by atoms with Gasteiger partial charge in [-0.2, -0.15) is 0 Å². The average molecular weight is 292 g/mol. The van der Waals surface area contributed by atoms with Gasteiger partial charge in [-0.15, -0.1) is 0 Å². The molecule has 0 bridgehead atoms. The summed E-state index contributed by atoms with van der Waals surface area (Å²) in [6.45, 7) is 3.86. The van der Waals surface area contributed by atoms with Gasteiger partial charge in [0.05, 0.1) is 22.3 Å². The van der Waals surface area contributed by atoms with Crippen LogP contribution in [0.15, 0.2) is 41.6 Å². The molecule has 0 radical (unpaired) electrons. The van der Waals surface area contributed by atoms with Gasteiger partial charge in [0.2, 0.25) is 10.0 Å². The van der Waals surface area contributed by atoms with E-state index in [0.29, 0.717) is 0 Å². The number of nitrogens with two attached hydrogens (primary N) is 1. The van der Waals surface area contributed by atoms with Crippen molar-refractivity contribution >= 4 is 15.7 Å². The molecule has 0 saturated carbocycles. The summed E-state index contributed by atoms with van der Waals surface area (Å²) < 4.78 is 22.3. The van der Waals surface area contributed by atoms with Gasteiger partial charge in [-0.1, -0.05) is 0 Å². The number of benzene rings is 1. The van der Waals surface area contributed by atoms with Gasteiger partial charge in [0, 0.05) is 18.1 Å². The van der Waals surface area contributed by atoms with Gasteiger partial charge in [-0.3, -0.25) is 9.97 Å². The number of nitrogens with one attached hydrogen (secondary N) is 1. The number of hydrogen-bond donors (Lipinski definition) is 2. The molecule has 106 valence electrons. The zero-order valence-electron chi connectivity index (χ0n) is 11.2. The zero-order valence-corrected chi connectivity index (χ0v) is 12.1. The molecule has 1 atom stereocenters. The number of primary sulfonamides is 1. The highest BCUT2D eigenvalue weighted by Gasteiger charge is 2.11. The smallest absolute Gasteiger partial charge is 0.238 e. The molecule has 2 aromatic rings. The molecule has 1 unspecified atom stereocenters. The third kappa shape index (κ3) is 3.31. The molecular weight excluding hydrogens is 276 g/mol. The Bertz CT molecular complexity index is 699. The number of aromatic nitrogens is 2. The first-order valence-corrected chi connectivity index (χ1v) is 7.59. The van der Waals surface area contributed by atoms with E-state index >= 15 is 0 Å². The van der Waals surface area contributed by atoms with Crippen molar-refractivity contribution in [3.63, 3.8) is 0 Å². The second kappa shape index (κ2) is 5.56. The van der Waals surface area contributed by atoms with Crippen LogP contribution in [0.2, 0.25) is 0 Å². The lowest BCUT2D eigenvalue weighted by Gasteiger charge is -2.16. The molecule has 0 fully saturated rings. The van der Waals surface area contributed by atoms with Crippen LogP contribution in [0.3, 0.4) is 0 Å². The maximum absolute atomic E-state index is 11.2. The first kappa shape index (κ1) is 14.4. The highest BCUT2D eigenvalue weighted by Crippen LogP contribution is 2.20. The fourth-order valence-electron chi connectivity index (χ4n) is 1.90. The molecular formula is C13H16N4O2S. The predicted octanol–water partition coefficient (Wildman–Crippen LogP) is 1.61. The zero-order chi connectivity index (χ0) is 14.8. The van der Waals surface area contributed by atoms with E-state index in [9.17, 15) is 8.42 Å². The lowest BCUT2D eigenvalue weighted by Crippen LogP contribution is -2.13. The summed E-state index contributed by atoms with van der Waals surface area (Å²) in [6.07, 6.45) is 3.29. The van der Waals surface area contributed by atoms with Gasteiger partial charge in [0.1, 0.15) is 0 Å². The topological polar surface area (TPSA) is 98.0 Å². The van der Waals surface area contributed by atoms with Crippen LogP contribution < -0.4 is 10.5 Å². The Hall–Kier alpha value is -1.99. The largest absolute Gasteiger partial charge is 0.377 e. The van der Waals surface area contributed by atoms with E-state index < -0.39 is 10.0 Å². The molecule has 0 saturated heterocycles. The van der Waals surface area contributed by atoms with Crippen LogP contribution in [0.25, 0.3) is 0 Å². The van der Waals surface area contributed by atoms with Crippen molar-refractivity contribution in [3.8, 4) is 0 Å². The molecule has 3 N–H and O–H groups in total. The van der Waals surface area contributed by atoms with E-state index in [4.69, 9.17) is 5.14 Å². The van der Waals surface area contributed by atoms with Crippen LogP contribution >= 0.6 is 0 Å². The fraction of sp³-hybridized carbons (Fsp3) is 0.231. The number of anilines is 1. The third-order valence-corrected chi connectivity index (χ3v) is 3.82. The molecule has 6 nitrogen and oxygen atoms in total. The van der Waals surface area contributed by atoms with Gasteiger partial charge in [-0.25, -0.2) is 13.6 Å². The van der Waals surface area contributed by atoms with Crippen LogP contribution in [-0.4, -0.2) is 18.4 Å². The summed E-state index contributed by atoms with van der Waals surface area (Å²) in [5.74, 6) is 0. The van der Waals surface area contributed by atoms with E-state index in [0.717, 1.165) is 17.1 Å². The quantitative estimate of drug-likeness (QED) is 0.892. The SMILES string of the molecule is Cc1nccnc1C(C)Nc1ccc(S(N)(=O)=O)cc1. The van der Waals surface area contributed by atoms with E-state index in [2.05, 4.69) is 15.3 Å². The highest BCUT2D eigenvalue weighted by atomic mass is 32.2. The second-order valence-electron chi connectivity index (χ2n) is 4.46. The van der Waals surface area contributed by atoms with Gasteiger partial charge in [0.25, 0.3) is 0 Å². The van der Waals surface area contributed by atoms with E-state index in [1.807, 2.05) is 13.8 Å². The molecule has 0 aliphatic heterocycles. The van der Waals surface area contributed by atoms with Crippen molar-refractivity contribution in [2.24, 2.45) is 5.14 Å². The molecule has 1 aromatic carbocycles. The number of hydrogen-bond acceptors (Lipinski definition) is 5. The van der Waals surface area contributed by atoms with Crippen molar-refractivity contribution in [1.82, 2.24) is 9.97 Å². The Morgan fingerprint density at radius 2 is 1.75 bits per heavy atom. The van der Waals surface area contributed by atoms with E-state index in [1.54, 1.807) is 24.5 Å². The molecule has 1 aromatic heterocycles. The fourth-order valence-corrected chi connectivity index (χ4v) is 2.42. The molecule has 0 spiro atoms. The molecule has 1 heterocycles. The molecule has 0 aliphatic rings. The number of rotatable bonds is 4. The number of nitrogens with zero attached hydrogens (tertiary/aromatic N) is 2. The molecule has 0 amide bonds. The minimum Gasteiger partial charge on any atom is -0.377 e. The maximum Gasteiger partial charge on any atom is 0.238 e. The Morgan fingerprint density at radius 1 is 1.15 bits per heavy atom. The van der Waals surface area contributed by atoms with Gasteiger partial charge in [0.15, 0.2) is 0 Å². The maximum atomic E-state index is 11.2. The standard InChI is InChI=1S/C13H16N4O2S/c1-9-13(16-8-7-15-9)10(2)17-11-3-5-12(6-4-11)20(14,18)19/h3-8,10,17H,1-2H3,(H2,14,18,19). The summed E-state index contributed by atoms with van der Waals surface area (Å²) in [5, 5.41) is 8.29. The van der Waals surface area contributed by atoms with E-state index in [1.165, 1.54) is 12.1 Å². The summed E-state index contributed by atoms with van der Waals surface area (Å²) in [5.41, 5.74) is 2.49. The normalized spacial score (nSPS) is 12.9.